The van der Waals surface area contributed by atoms with E-state index >= 15 is 0 Å². The van der Waals surface area contributed by atoms with Crippen LogP contribution in [0.25, 0.3) is 0 Å². The summed E-state index contributed by atoms with van der Waals surface area (Å²) in [4.78, 5) is 14.0. The van der Waals surface area contributed by atoms with Crippen LogP contribution in [0.1, 0.15) is 15.9 Å². The number of ketones is 1. The lowest BCUT2D eigenvalue weighted by Gasteiger charge is -2.16. The number of anilines is 1. The van der Waals surface area contributed by atoms with Crippen molar-refractivity contribution in [1.82, 2.24) is 0 Å². The number of carbonyl (C=O) groups excluding carboxylic acids is 1. The Balaban J connectivity index is 2.56. The zero-order valence-electron chi connectivity index (χ0n) is 11.2. The molecule has 2 aromatic carbocycles. The molecule has 0 aliphatic carbocycles. The summed E-state index contributed by atoms with van der Waals surface area (Å²) in [7, 11) is 3.42. The minimum Gasteiger partial charge on any atom is -0.507 e. The van der Waals surface area contributed by atoms with Gasteiger partial charge in [0.15, 0.2) is 0 Å². The molecule has 0 bridgehead atoms. The fourth-order valence-corrected chi connectivity index (χ4v) is 1.92. The van der Waals surface area contributed by atoms with Crippen molar-refractivity contribution in [3.05, 3.63) is 47.5 Å². The van der Waals surface area contributed by atoms with E-state index in [0.717, 1.165) is 6.07 Å². The van der Waals surface area contributed by atoms with E-state index in [2.05, 4.69) is 0 Å². The highest BCUT2D eigenvalue weighted by Crippen LogP contribution is 2.35. The van der Waals surface area contributed by atoms with Crippen molar-refractivity contribution in [3.63, 3.8) is 0 Å². The monoisotopic (exact) mass is 273 g/mol. The molecule has 5 heteroatoms. The van der Waals surface area contributed by atoms with E-state index in [1.165, 1.54) is 18.2 Å². The summed E-state index contributed by atoms with van der Waals surface area (Å²) >= 11 is 0. The minimum atomic E-state index is -0.510. The number of phenols is 3. The second-order valence-electron chi connectivity index (χ2n) is 4.60. The van der Waals surface area contributed by atoms with Crippen LogP contribution in [0.5, 0.6) is 17.2 Å². The molecule has 2 rings (SSSR count). The first-order chi connectivity index (χ1) is 9.41. The molecule has 0 amide bonds. The Labute approximate surface area is 116 Å². The van der Waals surface area contributed by atoms with Crippen LogP contribution in [0.15, 0.2) is 36.4 Å². The Morgan fingerprint density at radius 2 is 1.55 bits per heavy atom. The third-order valence-corrected chi connectivity index (χ3v) is 2.97. The van der Waals surface area contributed by atoms with Crippen molar-refractivity contribution >= 4 is 11.5 Å². The number of hydrogen-bond donors (Lipinski definition) is 3. The Bertz CT molecular complexity index is 665. The molecule has 0 aromatic heterocycles. The average Bonchev–Trinajstić information content (AvgIpc) is 2.38. The van der Waals surface area contributed by atoms with Gasteiger partial charge in [0, 0.05) is 20.2 Å². The van der Waals surface area contributed by atoms with Gasteiger partial charge in [-0.15, -0.1) is 0 Å². The maximum Gasteiger partial charge on any atom is 0.200 e. The maximum atomic E-state index is 12.4. The molecule has 0 fully saturated rings. The highest BCUT2D eigenvalue weighted by molar-refractivity contribution is 6.12. The Hall–Kier alpha value is -2.69. The molecule has 104 valence electrons. The molecule has 3 N–H and O–H groups in total. The van der Waals surface area contributed by atoms with Crippen LogP contribution >= 0.6 is 0 Å². The second-order valence-corrected chi connectivity index (χ2v) is 4.60. The van der Waals surface area contributed by atoms with Gasteiger partial charge < -0.3 is 20.2 Å². The zero-order chi connectivity index (χ0) is 14.9. The molecule has 0 aliphatic heterocycles. The van der Waals surface area contributed by atoms with Crippen molar-refractivity contribution in [2.45, 2.75) is 0 Å². The second kappa shape index (κ2) is 5.13. The normalized spacial score (nSPS) is 10.3. The van der Waals surface area contributed by atoms with E-state index in [-0.39, 0.29) is 28.4 Å². The minimum absolute atomic E-state index is 0.0213. The van der Waals surface area contributed by atoms with Gasteiger partial charge in [-0.25, -0.2) is 0 Å². The molecule has 0 heterocycles. The Kier molecular flexibility index (Phi) is 3.52. The van der Waals surface area contributed by atoms with Crippen molar-refractivity contribution in [2.24, 2.45) is 0 Å². The molecule has 5 nitrogen and oxygen atoms in total. The molecule has 20 heavy (non-hydrogen) atoms. The van der Waals surface area contributed by atoms with E-state index in [0.29, 0.717) is 5.69 Å². The molecule has 0 atom stereocenters. The highest BCUT2D eigenvalue weighted by atomic mass is 16.3. The predicted octanol–water partition coefficient (Wildman–Crippen LogP) is 2.10. The van der Waals surface area contributed by atoms with Gasteiger partial charge in [0.25, 0.3) is 0 Å². The lowest BCUT2D eigenvalue weighted by Crippen LogP contribution is -2.11. The van der Waals surface area contributed by atoms with Crippen molar-refractivity contribution in [1.29, 1.82) is 0 Å². The number of aromatic hydroxyl groups is 3. The maximum absolute atomic E-state index is 12.4. The van der Waals surface area contributed by atoms with Gasteiger partial charge in [-0.2, -0.15) is 0 Å². The summed E-state index contributed by atoms with van der Waals surface area (Å²) in [6, 6.07) is 8.60. The van der Waals surface area contributed by atoms with Gasteiger partial charge in [-0.05, 0) is 18.2 Å². The SMILES string of the molecule is CN(C)c1cc(C(=O)c2ccccc2O)c(O)cc1O. The zero-order valence-corrected chi connectivity index (χ0v) is 11.2. The van der Waals surface area contributed by atoms with Crippen LogP contribution in [0.3, 0.4) is 0 Å². The largest absolute Gasteiger partial charge is 0.507 e. The smallest absolute Gasteiger partial charge is 0.200 e. The number of hydrogen-bond acceptors (Lipinski definition) is 5. The van der Waals surface area contributed by atoms with Crippen molar-refractivity contribution in [3.8, 4) is 17.2 Å². The first-order valence-corrected chi connectivity index (χ1v) is 5.98. The number of benzene rings is 2. The van der Waals surface area contributed by atoms with Crippen molar-refractivity contribution < 1.29 is 20.1 Å². The molecule has 0 saturated carbocycles. The summed E-state index contributed by atoms with van der Waals surface area (Å²) in [5.74, 6) is -1.12. The molecule has 0 saturated heterocycles. The third kappa shape index (κ3) is 2.38. The first kappa shape index (κ1) is 13.7. The van der Waals surface area contributed by atoms with Gasteiger partial charge in [-0.3, -0.25) is 4.79 Å². The quantitative estimate of drug-likeness (QED) is 0.746. The molecule has 0 spiro atoms. The van der Waals surface area contributed by atoms with E-state index in [4.69, 9.17) is 0 Å². The molecule has 2 aromatic rings. The number of nitrogens with zero attached hydrogens (tertiary/aromatic N) is 1. The Morgan fingerprint density at radius 3 is 2.15 bits per heavy atom. The van der Waals surface area contributed by atoms with Gasteiger partial charge in [-0.1, -0.05) is 12.1 Å². The molecule has 0 aliphatic rings. The standard InChI is InChI=1S/C15H15NO4/c1-16(2)11-7-10(13(18)8-14(11)19)15(20)9-5-3-4-6-12(9)17/h3-8,17-19H,1-2H3. The number of rotatable bonds is 3. The lowest BCUT2D eigenvalue weighted by atomic mass is 10.0. The van der Waals surface area contributed by atoms with E-state index < -0.39 is 5.78 Å². The van der Waals surface area contributed by atoms with Crippen LogP contribution < -0.4 is 4.90 Å². The van der Waals surface area contributed by atoms with Crippen LogP contribution in [0, 0.1) is 0 Å². The number of para-hydroxylation sites is 1. The summed E-state index contributed by atoms with van der Waals surface area (Å²) in [5, 5.41) is 29.3. The summed E-state index contributed by atoms with van der Waals surface area (Å²) in [6.45, 7) is 0. The predicted molar refractivity (Wildman–Crippen MR) is 75.6 cm³/mol. The van der Waals surface area contributed by atoms with Gasteiger partial charge in [0.05, 0.1) is 16.8 Å². The Morgan fingerprint density at radius 1 is 0.900 bits per heavy atom. The van der Waals surface area contributed by atoms with Crippen LogP contribution in [-0.4, -0.2) is 35.2 Å². The van der Waals surface area contributed by atoms with Gasteiger partial charge >= 0.3 is 0 Å². The molecule has 0 radical (unpaired) electrons. The topological polar surface area (TPSA) is 81.0 Å². The third-order valence-electron chi connectivity index (χ3n) is 2.97. The fourth-order valence-electron chi connectivity index (χ4n) is 1.92. The lowest BCUT2D eigenvalue weighted by molar-refractivity contribution is 0.103. The molecule has 0 unspecified atom stereocenters. The van der Waals surface area contributed by atoms with Gasteiger partial charge in [0.2, 0.25) is 5.78 Å². The summed E-state index contributed by atoms with van der Waals surface area (Å²) in [6.07, 6.45) is 0. The summed E-state index contributed by atoms with van der Waals surface area (Å²) in [5.41, 5.74) is 0.521. The van der Waals surface area contributed by atoms with E-state index in [1.54, 1.807) is 31.1 Å². The average molecular weight is 273 g/mol. The van der Waals surface area contributed by atoms with Crippen LogP contribution in [0.2, 0.25) is 0 Å². The van der Waals surface area contributed by atoms with E-state index in [9.17, 15) is 20.1 Å². The highest BCUT2D eigenvalue weighted by Gasteiger charge is 2.19. The first-order valence-electron chi connectivity index (χ1n) is 5.98. The fraction of sp³-hybridized carbons (Fsp3) is 0.133. The van der Waals surface area contributed by atoms with E-state index in [1.807, 2.05) is 0 Å². The van der Waals surface area contributed by atoms with Gasteiger partial charge in [0.1, 0.15) is 17.2 Å². The van der Waals surface area contributed by atoms with Crippen molar-refractivity contribution in [2.75, 3.05) is 19.0 Å². The van der Waals surface area contributed by atoms with Crippen LogP contribution in [0.4, 0.5) is 5.69 Å². The molecular weight excluding hydrogens is 258 g/mol. The summed E-state index contributed by atoms with van der Waals surface area (Å²) < 4.78 is 0. The number of carbonyl (C=O) groups is 1. The number of phenolic OH excluding ortho intramolecular Hbond substituents is 3. The van der Waals surface area contributed by atoms with Crippen LogP contribution in [-0.2, 0) is 0 Å². The molecular formula is C15H15NO4.